The van der Waals surface area contributed by atoms with Crippen LogP contribution in [0.15, 0.2) is 48.7 Å². The maximum absolute atomic E-state index is 12.3. The Morgan fingerprint density at radius 2 is 1.86 bits per heavy atom. The van der Waals surface area contributed by atoms with E-state index in [-0.39, 0.29) is 5.69 Å². The number of nitro groups is 1. The minimum Gasteiger partial charge on any atom is -0.618 e. The van der Waals surface area contributed by atoms with E-state index in [1.807, 2.05) is 0 Å². The predicted molar refractivity (Wildman–Crippen MR) is 103 cm³/mol. The number of benzene rings is 2. The van der Waals surface area contributed by atoms with Gasteiger partial charge in [-0.05, 0) is 18.6 Å². The molecule has 0 saturated carbocycles. The molecule has 8 nitrogen and oxygen atoms in total. The normalized spacial score (nSPS) is 10.6. The van der Waals surface area contributed by atoms with Gasteiger partial charge in [-0.15, -0.1) is 11.6 Å². The van der Waals surface area contributed by atoms with E-state index in [0.717, 1.165) is 0 Å². The number of pyridine rings is 1. The van der Waals surface area contributed by atoms with Crippen LogP contribution < -0.4 is 18.9 Å². The van der Waals surface area contributed by atoms with Crippen molar-refractivity contribution in [1.82, 2.24) is 0 Å². The Kier molecular flexibility index (Phi) is 6.00. The van der Waals surface area contributed by atoms with Gasteiger partial charge in [0, 0.05) is 30.1 Å². The number of halogens is 1. The van der Waals surface area contributed by atoms with Crippen LogP contribution in [-0.2, 0) is 0 Å². The highest BCUT2D eigenvalue weighted by molar-refractivity contribution is 6.17. The van der Waals surface area contributed by atoms with Gasteiger partial charge in [0.15, 0.2) is 17.7 Å². The zero-order valence-corrected chi connectivity index (χ0v) is 15.7. The SMILES string of the molecule is COc1cc2c(Oc3ccc([N+](=O)[O-])cc3)cc[n+]([O-])c2cc1OCCCCl. The van der Waals surface area contributed by atoms with Gasteiger partial charge in [-0.25, -0.2) is 0 Å². The summed E-state index contributed by atoms with van der Waals surface area (Å²) in [6, 6.07) is 10.4. The van der Waals surface area contributed by atoms with Gasteiger partial charge in [0.2, 0.25) is 5.52 Å². The fourth-order valence-electron chi connectivity index (χ4n) is 2.60. The molecule has 0 aliphatic carbocycles. The molecular formula is C19H17ClN2O6. The molecule has 146 valence electrons. The van der Waals surface area contributed by atoms with Gasteiger partial charge in [-0.1, -0.05) is 0 Å². The third-order valence-corrected chi connectivity index (χ3v) is 4.22. The van der Waals surface area contributed by atoms with Gasteiger partial charge >= 0.3 is 0 Å². The first-order chi connectivity index (χ1) is 13.5. The summed E-state index contributed by atoms with van der Waals surface area (Å²) in [4.78, 5) is 10.3. The Hall–Kier alpha value is -3.26. The van der Waals surface area contributed by atoms with Crippen LogP contribution in [0.4, 0.5) is 5.69 Å². The molecule has 0 bridgehead atoms. The molecule has 0 radical (unpaired) electrons. The number of hydrogen-bond donors (Lipinski definition) is 0. The lowest BCUT2D eigenvalue weighted by atomic mass is 10.1. The van der Waals surface area contributed by atoms with Gasteiger partial charge in [0.25, 0.3) is 5.69 Å². The van der Waals surface area contributed by atoms with Gasteiger partial charge in [0.05, 0.1) is 30.1 Å². The van der Waals surface area contributed by atoms with Crippen molar-refractivity contribution in [2.24, 2.45) is 0 Å². The first-order valence-corrected chi connectivity index (χ1v) is 8.92. The highest BCUT2D eigenvalue weighted by Gasteiger charge is 2.17. The lowest BCUT2D eigenvalue weighted by Crippen LogP contribution is -2.26. The molecule has 0 spiro atoms. The number of ether oxygens (including phenoxy) is 3. The number of nitro benzene ring substituents is 1. The summed E-state index contributed by atoms with van der Waals surface area (Å²) in [6.07, 6.45) is 1.97. The van der Waals surface area contributed by atoms with Crippen LogP contribution in [0.25, 0.3) is 10.9 Å². The van der Waals surface area contributed by atoms with E-state index >= 15 is 0 Å². The molecule has 0 aliphatic heterocycles. The van der Waals surface area contributed by atoms with E-state index in [1.165, 1.54) is 43.6 Å². The molecule has 0 fully saturated rings. The summed E-state index contributed by atoms with van der Waals surface area (Å²) >= 11 is 5.67. The molecule has 28 heavy (non-hydrogen) atoms. The molecule has 3 rings (SSSR count). The first-order valence-electron chi connectivity index (χ1n) is 8.38. The third kappa shape index (κ3) is 4.17. The molecule has 1 heterocycles. The topological polar surface area (TPSA) is 97.8 Å². The number of non-ortho nitro benzene ring substituents is 1. The molecule has 3 aromatic rings. The number of methoxy groups -OCH3 is 1. The predicted octanol–water partition coefficient (Wildman–Crippen LogP) is 4.19. The van der Waals surface area contributed by atoms with E-state index in [0.29, 0.717) is 57.5 Å². The quantitative estimate of drug-likeness (QED) is 0.139. The van der Waals surface area contributed by atoms with Crippen LogP contribution in [0.3, 0.4) is 0 Å². The average molecular weight is 405 g/mol. The number of alkyl halides is 1. The number of fused-ring (bicyclic) bond motifs is 1. The zero-order chi connectivity index (χ0) is 20.1. The second-order valence-corrected chi connectivity index (χ2v) is 6.15. The summed E-state index contributed by atoms with van der Waals surface area (Å²) in [5, 5.41) is 23.5. The highest BCUT2D eigenvalue weighted by Crippen LogP contribution is 2.36. The van der Waals surface area contributed by atoms with Gasteiger partial charge in [-0.3, -0.25) is 10.1 Å². The Labute approximate surface area is 165 Å². The molecule has 2 aromatic carbocycles. The van der Waals surface area contributed by atoms with E-state index in [1.54, 1.807) is 12.1 Å². The number of nitrogens with zero attached hydrogens (tertiary/aromatic N) is 2. The van der Waals surface area contributed by atoms with Crippen molar-refractivity contribution in [3.63, 3.8) is 0 Å². The van der Waals surface area contributed by atoms with Crippen molar-refractivity contribution in [3.05, 3.63) is 64.0 Å². The summed E-state index contributed by atoms with van der Waals surface area (Å²) in [7, 11) is 1.50. The molecule has 0 aliphatic rings. The van der Waals surface area contributed by atoms with Gasteiger partial charge in [0.1, 0.15) is 11.5 Å². The fraction of sp³-hybridized carbons (Fsp3) is 0.211. The fourth-order valence-corrected chi connectivity index (χ4v) is 2.70. The summed E-state index contributed by atoms with van der Waals surface area (Å²) in [5.74, 6) is 2.14. The van der Waals surface area contributed by atoms with Crippen LogP contribution in [0.5, 0.6) is 23.0 Å². The standard InChI is InChI=1S/C19H17ClN2O6/c1-26-18-11-15-16(12-19(18)27-10-2-8-20)21(23)9-7-17(15)28-14-5-3-13(4-6-14)22(24)25/h3-7,9,11-12H,2,8,10H2,1H3. The average Bonchev–Trinajstić information content (AvgIpc) is 2.70. The molecule has 0 atom stereocenters. The monoisotopic (exact) mass is 404 g/mol. The molecule has 0 unspecified atom stereocenters. The maximum Gasteiger partial charge on any atom is 0.269 e. The molecule has 0 amide bonds. The summed E-state index contributed by atoms with van der Waals surface area (Å²) in [5.41, 5.74) is 0.296. The maximum atomic E-state index is 12.3. The Bertz CT molecular complexity index is 994. The number of hydrogen-bond acceptors (Lipinski definition) is 6. The Morgan fingerprint density at radius 3 is 2.50 bits per heavy atom. The molecule has 0 saturated heterocycles. The second-order valence-electron chi connectivity index (χ2n) is 5.77. The van der Waals surface area contributed by atoms with Crippen molar-refractivity contribution in [3.8, 4) is 23.0 Å². The van der Waals surface area contributed by atoms with Crippen LogP contribution >= 0.6 is 11.6 Å². The number of rotatable bonds is 8. The minimum atomic E-state index is -0.487. The van der Waals surface area contributed by atoms with Crippen molar-refractivity contribution in [1.29, 1.82) is 0 Å². The summed E-state index contributed by atoms with van der Waals surface area (Å²) in [6.45, 7) is 0.392. The lowest BCUT2D eigenvalue weighted by Gasteiger charge is -2.14. The Balaban J connectivity index is 1.98. The van der Waals surface area contributed by atoms with Crippen molar-refractivity contribution < 1.29 is 23.9 Å². The molecular weight excluding hydrogens is 388 g/mol. The van der Waals surface area contributed by atoms with Crippen molar-refractivity contribution >= 4 is 28.2 Å². The van der Waals surface area contributed by atoms with Gasteiger partial charge in [-0.2, -0.15) is 4.73 Å². The van der Waals surface area contributed by atoms with Crippen LogP contribution in [-0.4, -0.2) is 24.5 Å². The first kappa shape index (κ1) is 19.5. The van der Waals surface area contributed by atoms with E-state index in [4.69, 9.17) is 25.8 Å². The lowest BCUT2D eigenvalue weighted by molar-refractivity contribution is -0.577. The van der Waals surface area contributed by atoms with E-state index < -0.39 is 4.92 Å². The molecule has 0 N–H and O–H groups in total. The van der Waals surface area contributed by atoms with Crippen molar-refractivity contribution in [2.75, 3.05) is 19.6 Å². The van der Waals surface area contributed by atoms with Crippen molar-refractivity contribution in [2.45, 2.75) is 6.42 Å². The van der Waals surface area contributed by atoms with E-state index in [2.05, 4.69) is 0 Å². The Morgan fingerprint density at radius 1 is 1.11 bits per heavy atom. The molecule has 9 heteroatoms. The summed E-state index contributed by atoms with van der Waals surface area (Å²) < 4.78 is 17.6. The molecule has 1 aromatic heterocycles. The largest absolute Gasteiger partial charge is 0.618 e. The highest BCUT2D eigenvalue weighted by atomic mass is 35.5. The zero-order valence-electron chi connectivity index (χ0n) is 15.0. The smallest absolute Gasteiger partial charge is 0.269 e. The van der Waals surface area contributed by atoms with Crippen LogP contribution in [0.1, 0.15) is 6.42 Å². The third-order valence-electron chi connectivity index (χ3n) is 3.96. The van der Waals surface area contributed by atoms with Crippen LogP contribution in [0, 0.1) is 15.3 Å². The number of aromatic nitrogens is 1. The minimum absolute atomic E-state index is 0.0388. The van der Waals surface area contributed by atoms with E-state index in [9.17, 15) is 15.3 Å². The second kappa shape index (κ2) is 8.62. The van der Waals surface area contributed by atoms with Crippen LogP contribution in [0.2, 0.25) is 0 Å². The van der Waals surface area contributed by atoms with Gasteiger partial charge < -0.3 is 19.4 Å².